The molecule has 6 heteroatoms. The van der Waals surface area contributed by atoms with Crippen LogP contribution < -0.4 is 5.56 Å². The molecule has 1 N–H and O–H groups in total. The van der Waals surface area contributed by atoms with E-state index < -0.39 is 11.5 Å². The first-order chi connectivity index (χ1) is 8.49. The second-order valence-corrected chi connectivity index (χ2v) is 4.12. The van der Waals surface area contributed by atoms with E-state index >= 15 is 0 Å². The fraction of sp³-hybridized carbons (Fsp3) is 0.583. The van der Waals surface area contributed by atoms with Gasteiger partial charge in [0, 0.05) is 20.3 Å². The molecule has 6 nitrogen and oxygen atoms in total. The predicted octanol–water partition coefficient (Wildman–Crippen LogP) is 0.985. The number of ether oxygens (including phenoxy) is 1. The van der Waals surface area contributed by atoms with Gasteiger partial charge >= 0.3 is 5.97 Å². The molecule has 0 amide bonds. The molecule has 0 saturated heterocycles. The largest absolute Gasteiger partial charge is 0.477 e. The Hall–Kier alpha value is -1.69. The Kier molecular flexibility index (Phi) is 5.03. The molecule has 0 aliphatic carbocycles. The van der Waals surface area contributed by atoms with Gasteiger partial charge in [0.15, 0.2) is 0 Å². The van der Waals surface area contributed by atoms with Crippen molar-refractivity contribution in [1.82, 2.24) is 9.78 Å². The van der Waals surface area contributed by atoms with Crippen LogP contribution in [0.2, 0.25) is 0 Å². The zero-order valence-electron chi connectivity index (χ0n) is 10.9. The highest BCUT2D eigenvalue weighted by Gasteiger charge is 2.17. The van der Waals surface area contributed by atoms with Gasteiger partial charge in [-0.05, 0) is 32.3 Å². The number of aromatic nitrogens is 2. The lowest BCUT2D eigenvalue weighted by Gasteiger charge is -2.09. The van der Waals surface area contributed by atoms with E-state index in [4.69, 9.17) is 9.84 Å². The van der Waals surface area contributed by atoms with Crippen LogP contribution in [0, 0.1) is 13.8 Å². The van der Waals surface area contributed by atoms with E-state index in [2.05, 4.69) is 5.10 Å². The molecule has 0 atom stereocenters. The number of unbranched alkanes of at least 4 members (excludes halogenated alkanes) is 1. The normalized spacial score (nSPS) is 10.6. The Morgan fingerprint density at radius 1 is 1.39 bits per heavy atom. The molecule has 0 aliphatic rings. The number of nitrogens with zero attached hydrogens (tertiary/aromatic N) is 2. The molecular weight excluding hydrogens is 236 g/mol. The van der Waals surface area contributed by atoms with Crippen LogP contribution in [0.25, 0.3) is 0 Å². The summed E-state index contributed by atoms with van der Waals surface area (Å²) in [6.07, 6.45) is 1.53. The van der Waals surface area contributed by atoms with Gasteiger partial charge in [0.1, 0.15) is 5.56 Å². The van der Waals surface area contributed by atoms with Gasteiger partial charge in [-0.15, -0.1) is 0 Å². The van der Waals surface area contributed by atoms with Crippen LogP contribution in [0.15, 0.2) is 4.79 Å². The second kappa shape index (κ2) is 6.30. The minimum absolute atomic E-state index is 0.186. The third-order valence-corrected chi connectivity index (χ3v) is 2.82. The van der Waals surface area contributed by atoms with Crippen LogP contribution in [0.4, 0.5) is 0 Å². The van der Waals surface area contributed by atoms with Gasteiger partial charge in [-0.1, -0.05) is 0 Å². The molecule has 1 heterocycles. The number of hydrogen-bond donors (Lipinski definition) is 1. The van der Waals surface area contributed by atoms with E-state index in [1.54, 1.807) is 21.0 Å². The molecule has 0 unspecified atom stereocenters. The summed E-state index contributed by atoms with van der Waals surface area (Å²) < 4.78 is 6.14. The average molecular weight is 254 g/mol. The van der Waals surface area contributed by atoms with Crippen molar-refractivity contribution in [2.24, 2.45) is 0 Å². The van der Waals surface area contributed by atoms with Gasteiger partial charge in [-0.25, -0.2) is 9.48 Å². The summed E-state index contributed by atoms with van der Waals surface area (Å²) >= 11 is 0. The number of carboxylic acids is 1. The molecule has 0 fully saturated rings. The van der Waals surface area contributed by atoms with Gasteiger partial charge in [0.05, 0.1) is 5.69 Å². The standard InChI is InChI=1S/C12H18N2O4/c1-8-9(2)13-14(6-4-5-7-18-3)11(15)10(8)12(16)17/h4-7H2,1-3H3,(H,16,17). The lowest BCUT2D eigenvalue weighted by molar-refractivity contribution is 0.0692. The van der Waals surface area contributed by atoms with Crippen molar-refractivity contribution in [2.45, 2.75) is 33.2 Å². The maximum atomic E-state index is 11.9. The summed E-state index contributed by atoms with van der Waals surface area (Å²) in [6.45, 7) is 4.32. The molecule has 0 bridgehead atoms. The Morgan fingerprint density at radius 3 is 2.61 bits per heavy atom. The van der Waals surface area contributed by atoms with Crippen molar-refractivity contribution in [2.75, 3.05) is 13.7 Å². The van der Waals surface area contributed by atoms with E-state index in [1.807, 2.05) is 0 Å². The first kappa shape index (κ1) is 14.4. The van der Waals surface area contributed by atoms with Gasteiger partial charge in [0.2, 0.25) is 0 Å². The fourth-order valence-electron chi connectivity index (χ4n) is 1.68. The molecule has 0 saturated carbocycles. The number of methoxy groups -OCH3 is 1. The van der Waals surface area contributed by atoms with Gasteiger partial charge in [0.25, 0.3) is 5.56 Å². The highest BCUT2D eigenvalue weighted by molar-refractivity contribution is 5.88. The molecule has 0 spiro atoms. The smallest absolute Gasteiger partial charge is 0.341 e. The van der Waals surface area contributed by atoms with E-state index in [0.717, 1.165) is 12.8 Å². The SMILES string of the molecule is COCCCCn1nc(C)c(C)c(C(=O)O)c1=O. The third-order valence-electron chi connectivity index (χ3n) is 2.82. The van der Waals surface area contributed by atoms with Crippen LogP contribution in [-0.2, 0) is 11.3 Å². The molecule has 0 aromatic carbocycles. The molecule has 0 radical (unpaired) electrons. The quantitative estimate of drug-likeness (QED) is 0.765. The summed E-state index contributed by atoms with van der Waals surface area (Å²) in [5, 5.41) is 13.2. The fourth-order valence-corrected chi connectivity index (χ4v) is 1.68. The highest BCUT2D eigenvalue weighted by Crippen LogP contribution is 2.06. The zero-order valence-corrected chi connectivity index (χ0v) is 10.9. The molecule has 1 aromatic heterocycles. The lowest BCUT2D eigenvalue weighted by atomic mass is 10.1. The molecular formula is C12H18N2O4. The number of aryl methyl sites for hydroxylation is 2. The average Bonchev–Trinajstić information content (AvgIpc) is 2.30. The Labute approximate surface area is 105 Å². The Balaban J connectivity index is 3.00. The molecule has 1 aromatic rings. The minimum atomic E-state index is -1.20. The third kappa shape index (κ3) is 3.16. The Morgan fingerprint density at radius 2 is 2.06 bits per heavy atom. The predicted molar refractivity (Wildman–Crippen MR) is 66.0 cm³/mol. The monoisotopic (exact) mass is 254 g/mol. The van der Waals surface area contributed by atoms with E-state index in [9.17, 15) is 9.59 Å². The number of carboxylic acid groups (broad SMARTS) is 1. The van der Waals surface area contributed by atoms with Crippen molar-refractivity contribution in [3.63, 3.8) is 0 Å². The summed E-state index contributed by atoms with van der Waals surface area (Å²) in [5.41, 5.74) is 0.275. The van der Waals surface area contributed by atoms with Crippen LogP contribution >= 0.6 is 0 Å². The first-order valence-electron chi connectivity index (χ1n) is 5.79. The van der Waals surface area contributed by atoms with E-state index in [0.29, 0.717) is 24.4 Å². The Bertz CT molecular complexity index is 494. The van der Waals surface area contributed by atoms with Gasteiger partial charge in [-0.2, -0.15) is 5.10 Å². The highest BCUT2D eigenvalue weighted by atomic mass is 16.5. The lowest BCUT2D eigenvalue weighted by Crippen LogP contribution is -2.31. The van der Waals surface area contributed by atoms with Crippen molar-refractivity contribution in [3.05, 3.63) is 27.2 Å². The van der Waals surface area contributed by atoms with Crippen molar-refractivity contribution in [3.8, 4) is 0 Å². The number of rotatable bonds is 6. The first-order valence-corrected chi connectivity index (χ1v) is 5.79. The molecule has 0 aliphatic heterocycles. The number of aromatic carboxylic acids is 1. The second-order valence-electron chi connectivity index (χ2n) is 4.12. The summed E-state index contributed by atoms with van der Waals surface area (Å²) in [7, 11) is 1.61. The van der Waals surface area contributed by atoms with Crippen LogP contribution in [0.5, 0.6) is 0 Å². The summed E-state index contributed by atoms with van der Waals surface area (Å²) in [6, 6.07) is 0. The van der Waals surface area contributed by atoms with Crippen LogP contribution in [0.3, 0.4) is 0 Å². The van der Waals surface area contributed by atoms with Gasteiger partial charge < -0.3 is 9.84 Å². The van der Waals surface area contributed by atoms with E-state index in [-0.39, 0.29) is 5.56 Å². The van der Waals surface area contributed by atoms with Crippen molar-refractivity contribution in [1.29, 1.82) is 0 Å². The number of carbonyl (C=O) groups is 1. The molecule has 100 valence electrons. The van der Waals surface area contributed by atoms with Crippen LogP contribution in [-0.4, -0.2) is 34.6 Å². The van der Waals surface area contributed by atoms with Crippen molar-refractivity contribution >= 4 is 5.97 Å². The van der Waals surface area contributed by atoms with Crippen LogP contribution in [0.1, 0.15) is 34.5 Å². The maximum Gasteiger partial charge on any atom is 0.341 e. The molecule has 1 rings (SSSR count). The topological polar surface area (TPSA) is 81.4 Å². The van der Waals surface area contributed by atoms with Gasteiger partial charge in [-0.3, -0.25) is 4.79 Å². The van der Waals surface area contributed by atoms with E-state index in [1.165, 1.54) is 4.68 Å². The maximum absolute atomic E-state index is 11.9. The summed E-state index contributed by atoms with van der Waals surface area (Å²) in [4.78, 5) is 23.0. The molecule has 18 heavy (non-hydrogen) atoms. The van der Waals surface area contributed by atoms with Crippen molar-refractivity contribution < 1.29 is 14.6 Å². The minimum Gasteiger partial charge on any atom is -0.477 e. The zero-order chi connectivity index (χ0) is 13.7. The number of hydrogen-bond acceptors (Lipinski definition) is 4. The summed E-state index contributed by atoms with van der Waals surface area (Å²) in [5.74, 6) is -1.20.